The number of carboxylic acid groups (broad SMARTS) is 1. The minimum atomic E-state index is -3.78. The molecular weight excluding hydrogens is 322 g/mol. The second kappa shape index (κ2) is 5.73. The zero-order valence-corrected chi connectivity index (χ0v) is 14.4. The van der Waals surface area contributed by atoms with Crippen molar-refractivity contribution in [2.45, 2.75) is 25.0 Å². The van der Waals surface area contributed by atoms with E-state index in [2.05, 4.69) is 0 Å². The predicted molar refractivity (Wildman–Crippen MR) is 87.5 cm³/mol. The number of nitrogens with zero attached hydrogens (tertiary/aromatic N) is 1. The van der Waals surface area contributed by atoms with Gasteiger partial charge in [-0.05, 0) is 49.6 Å². The summed E-state index contributed by atoms with van der Waals surface area (Å²) < 4.78 is 26.7. The lowest BCUT2D eigenvalue weighted by atomic mass is 10.1. The molecule has 2 rings (SSSR count). The minimum Gasteiger partial charge on any atom is -0.477 e. The number of aryl methyl sites for hydroxylation is 2. The van der Waals surface area contributed by atoms with Crippen LogP contribution in [0.4, 0.5) is 5.69 Å². The average molecular weight is 339 g/mol. The van der Waals surface area contributed by atoms with Gasteiger partial charge in [-0.1, -0.05) is 12.1 Å². The second-order valence-corrected chi connectivity index (χ2v) is 8.32. The summed E-state index contributed by atoms with van der Waals surface area (Å²) in [7, 11) is -2.30. The van der Waals surface area contributed by atoms with Crippen molar-refractivity contribution in [3.8, 4) is 0 Å². The molecule has 7 heteroatoms. The molecular formula is C15H17NO4S2. The summed E-state index contributed by atoms with van der Waals surface area (Å²) >= 11 is 0.778. The standard InChI is InChI=1S/C15H17NO4S2/c1-9-6-5-7-12(11(9)3)16(4)22(19,20)13-8-10(2)14(21-13)15(17)18/h5-8H,1-4H3,(H,17,18). The number of carbonyl (C=O) groups is 1. The van der Waals surface area contributed by atoms with Gasteiger partial charge in [0, 0.05) is 7.05 Å². The van der Waals surface area contributed by atoms with Crippen LogP contribution in [0.25, 0.3) is 0 Å². The number of anilines is 1. The summed E-state index contributed by atoms with van der Waals surface area (Å²) in [5, 5.41) is 9.08. The molecule has 0 unspecified atom stereocenters. The molecule has 0 saturated heterocycles. The second-order valence-electron chi connectivity index (χ2n) is 5.07. The van der Waals surface area contributed by atoms with Crippen LogP contribution in [0, 0.1) is 20.8 Å². The van der Waals surface area contributed by atoms with Crippen molar-refractivity contribution in [2.75, 3.05) is 11.4 Å². The summed E-state index contributed by atoms with van der Waals surface area (Å²) in [5.74, 6) is -1.11. The highest BCUT2D eigenvalue weighted by Crippen LogP contribution is 2.32. The van der Waals surface area contributed by atoms with E-state index in [1.807, 2.05) is 19.9 Å². The average Bonchev–Trinajstić information content (AvgIpc) is 2.84. The van der Waals surface area contributed by atoms with Gasteiger partial charge in [0.2, 0.25) is 0 Å². The van der Waals surface area contributed by atoms with Crippen molar-refractivity contribution < 1.29 is 18.3 Å². The first-order valence-electron chi connectivity index (χ1n) is 6.55. The lowest BCUT2D eigenvalue weighted by Crippen LogP contribution is -2.26. The van der Waals surface area contributed by atoms with Crippen molar-refractivity contribution in [2.24, 2.45) is 0 Å². The van der Waals surface area contributed by atoms with Crippen LogP contribution >= 0.6 is 11.3 Å². The molecule has 22 heavy (non-hydrogen) atoms. The molecule has 0 fully saturated rings. The number of thiophene rings is 1. The highest BCUT2D eigenvalue weighted by Gasteiger charge is 2.27. The molecule has 2 aromatic rings. The monoisotopic (exact) mass is 339 g/mol. The highest BCUT2D eigenvalue weighted by molar-refractivity contribution is 7.94. The Morgan fingerprint density at radius 3 is 2.36 bits per heavy atom. The predicted octanol–water partition coefficient (Wildman–Crippen LogP) is 3.20. The first-order valence-corrected chi connectivity index (χ1v) is 8.80. The number of hydrogen-bond acceptors (Lipinski definition) is 4. The molecule has 5 nitrogen and oxygen atoms in total. The normalized spacial score (nSPS) is 11.5. The van der Waals surface area contributed by atoms with E-state index in [-0.39, 0.29) is 9.09 Å². The van der Waals surface area contributed by atoms with Gasteiger partial charge in [0.1, 0.15) is 9.09 Å². The van der Waals surface area contributed by atoms with Crippen molar-refractivity contribution >= 4 is 33.0 Å². The molecule has 0 bridgehead atoms. The Labute approximate surface area is 133 Å². The Morgan fingerprint density at radius 1 is 1.18 bits per heavy atom. The van der Waals surface area contributed by atoms with E-state index in [4.69, 9.17) is 5.11 Å². The first-order chi connectivity index (χ1) is 10.2. The summed E-state index contributed by atoms with van der Waals surface area (Å²) in [5.41, 5.74) is 2.90. The topological polar surface area (TPSA) is 74.7 Å². The highest BCUT2D eigenvalue weighted by atomic mass is 32.2. The molecule has 1 aromatic heterocycles. The number of carboxylic acids is 1. The fraction of sp³-hybridized carbons (Fsp3) is 0.267. The number of rotatable bonds is 4. The molecule has 0 saturated carbocycles. The minimum absolute atomic E-state index is 0.0332. The van der Waals surface area contributed by atoms with Crippen LogP contribution < -0.4 is 4.31 Å². The third-order valence-corrected chi connectivity index (χ3v) is 7.07. The fourth-order valence-corrected chi connectivity index (χ4v) is 4.94. The molecule has 0 amide bonds. The third kappa shape index (κ3) is 2.74. The Balaban J connectivity index is 2.52. The van der Waals surface area contributed by atoms with Gasteiger partial charge in [0.15, 0.2) is 0 Å². The number of hydrogen-bond donors (Lipinski definition) is 1. The summed E-state index contributed by atoms with van der Waals surface area (Å²) in [6.07, 6.45) is 0. The zero-order chi connectivity index (χ0) is 16.7. The van der Waals surface area contributed by atoms with E-state index in [9.17, 15) is 13.2 Å². The van der Waals surface area contributed by atoms with Gasteiger partial charge >= 0.3 is 5.97 Å². The fourth-order valence-electron chi connectivity index (χ4n) is 2.13. The number of sulfonamides is 1. The zero-order valence-electron chi connectivity index (χ0n) is 12.7. The molecule has 0 aliphatic heterocycles. The van der Waals surface area contributed by atoms with Crippen LogP contribution in [-0.4, -0.2) is 26.5 Å². The Kier molecular flexibility index (Phi) is 4.30. The van der Waals surface area contributed by atoms with E-state index in [1.54, 1.807) is 19.1 Å². The van der Waals surface area contributed by atoms with E-state index < -0.39 is 16.0 Å². The molecule has 1 N–H and O–H groups in total. The summed E-state index contributed by atoms with van der Waals surface area (Å²) in [6.45, 7) is 5.37. The van der Waals surface area contributed by atoms with E-state index >= 15 is 0 Å². The quantitative estimate of drug-likeness (QED) is 0.928. The van der Waals surface area contributed by atoms with Crippen molar-refractivity contribution in [1.29, 1.82) is 0 Å². The lowest BCUT2D eigenvalue weighted by molar-refractivity contribution is 0.0701. The molecule has 0 aliphatic rings. The van der Waals surface area contributed by atoms with Crippen LogP contribution in [0.3, 0.4) is 0 Å². The molecule has 1 heterocycles. The van der Waals surface area contributed by atoms with E-state index in [1.165, 1.54) is 17.4 Å². The third-order valence-electron chi connectivity index (χ3n) is 3.62. The first kappa shape index (κ1) is 16.5. The summed E-state index contributed by atoms with van der Waals surface area (Å²) in [4.78, 5) is 11.2. The Bertz CT molecular complexity index is 837. The van der Waals surface area contributed by atoms with Gasteiger partial charge in [-0.3, -0.25) is 4.31 Å². The van der Waals surface area contributed by atoms with Gasteiger partial charge in [-0.15, -0.1) is 11.3 Å². The van der Waals surface area contributed by atoms with Crippen molar-refractivity contribution in [3.05, 3.63) is 45.8 Å². The maximum Gasteiger partial charge on any atom is 0.346 e. The molecule has 0 aliphatic carbocycles. The van der Waals surface area contributed by atoms with Crippen LogP contribution in [0.5, 0.6) is 0 Å². The Hall–Kier alpha value is -1.86. The largest absolute Gasteiger partial charge is 0.477 e. The van der Waals surface area contributed by atoms with Crippen LogP contribution in [0.2, 0.25) is 0 Å². The van der Waals surface area contributed by atoms with Crippen LogP contribution in [0.1, 0.15) is 26.4 Å². The van der Waals surface area contributed by atoms with Gasteiger partial charge in [-0.2, -0.15) is 0 Å². The van der Waals surface area contributed by atoms with Gasteiger partial charge in [0.25, 0.3) is 10.0 Å². The van der Waals surface area contributed by atoms with Crippen molar-refractivity contribution in [1.82, 2.24) is 0 Å². The molecule has 0 radical (unpaired) electrons. The number of aromatic carboxylic acids is 1. The molecule has 118 valence electrons. The Morgan fingerprint density at radius 2 is 1.82 bits per heavy atom. The summed E-state index contributed by atoms with van der Waals surface area (Å²) in [6, 6.07) is 6.85. The maximum atomic E-state index is 12.7. The maximum absolute atomic E-state index is 12.7. The SMILES string of the molecule is Cc1cc(S(=O)(=O)N(C)c2cccc(C)c2C)sc1C(=O)O. The van der Waals surface area contributed by atoms with Crippen LogP contribution in [0.15, 0.2) is 28.5 Å². The smallest absolute Gasteiger partial charge is 0.346 e. The van der Waals surface area contributed by atoms with E-state index in [0.29, 0.717) is 11.3 Å². The molecule has 1 aromatic carbocycles. The molecule has 0 atom stereocenters. The van der Waals surface area contributed by atoms with Crippen LogP contribution in [-0.2, 0) is 10.0 Å². The van der Waals surface area contributed by atoms with Crippen molar-refractivity contribution in [3.63, 3.8) is 0 Å². The van der Waals surface area contributed by atoms with Gasteiger partial charge < -0.3 is 5.11 Å². The molecule has 0 spiro atoms. The van der Waals surface area contributed by atoms with Gasteiger partial charge in [0.05, 0.1) is 5.69 Å². The lowest BCUT2D eigenvalue weighted by Gasteiger charge is -2.21. The van der Waals surface area contributed by atoms with Gasteiger partial charge in [-0.25, -0.2) is 13.2 Å². The van der Waals surface area contributed by atoms with E-state index in [0.717, 1.165) is 22.5 Å². The number of benzene rings is 1.